The molecule has 0 radical (unpaired) electrons. The average molecular weight is 405 g/mol. The fraction of sp³-hybridized carbons (Fsp3) is 0.0833. The predicted molar refractivity (Wildman–Crippen MR) is 118 cm³/mol. The maximum absolute atomic E-state index is 12.7. The van der Waals surface area contributed by atoms with E-state index >= 15 is 0 Å². The first-order chi connectivity index (χ1) is 14.1. The summed E-state index contributed by atoms with van der Waals surface area (Å²) in [6.45, 7) is 0.415. The molecule has 3 rings (SSSR count). The summed E-state index contributed by atoms with van der Waals surface area (Å²) >= 11 is 6.13. The van der Waals surface area contributed by atoms with E-state index in [-0.39, 0.29) is 11.8 Å². The molecule has 0 heterocycles. The van der Waals surface area contributed by atoms with Crippen molar-refractivity contribution in [2.75, 3.05) is 11.9 Å². The molecule has 0 saturated heterocycles. The minimum absolute atomic E-state index is 0.237. The smallest absolute Gasteiger partial charge is 0.253 e. The normalized spacial score (nSPS) is 10.7. The van der Waals surface area contributed by atoms with Crippen molar-refractivity contribution < 1.29 is 9.59 Å². The van der Waals surface area contributed by atoms with Gasteiger partial charge in [0.05, 0.1) is 11.3 Å². The van der Waals surface area contributed by atoms with Crippen LogP contribution in [0.1, 0.15) is 21.5 Å². The first kappa shape index (κ1) is 20.4. The van der Waals surface area contributed by atoms with E-state index in [0.717, 1.165) is 11.1 Å². The predicted octanol–water partition coefficient (Wildman–Crippen LogP) is 4.95. The summed E-state index contributed by atoms with van der Waals surface area (Å²) in [5.74, 6) is -0.493. The molecule has 1 N–H and O–H groups in total. The number of rotatable bonds is 6. The monoisotopic (exact) mass is 404 g/mol. The highest BCUT2D eigenvalue weighted by atomic mass is 35.5. The van der Waals surface area contributed by atoms with Gasteiger partial charge in [-0.1, -0.05) is 72.3 Å². The molecule has 0 aliphatic heterocycles. The standard InChI is InChI=1S/C24H21ClN2O2/c1-27(23(28)16-15-19-11-5-7-13-21(19)25)22-14-8-6-12-20(22)24(29)26-17-18-9-3-2-4-10-18/h2-16H,17H2,1H3,(H,26,29). The molecule has 0 unspecified atom stereocenters. The van der Waals surface area contributed by atoms with Gasteiger partial charge in [0.25, 0.3) is 11.8 Å². The van der Waals surface area contributed by atoms with Crippen molar-refractivity contribution >= 4 is 35.2 Å². The Morgan fingerprint density at radius 3 is 2.34 bits per heavy atom. The summed E-state index contributed by atoms with van der Waals surface area (Å²) in [6.07, 6.45) is 3.11. The number of nitrogens with zero attached hydrogens (tertiary/aromatic N) is 1. The summed E-state index contributed by atoms with van der Waals surface area (Å²) in [6, 6.07) is 24.0. The van der Waals surface area contributed by atoms with Crippen molar-refractivity contribution in [2.24, 2.45) is 0 Å². The van der Waals surface area contributed by atoms with Gasteiger partial charge in [0.15, 0.2) is 0 Å². The van der Waals surface area contributed by atoms with Crippen molar-refractivity contribution in [3.05, 3.63) is 107 Å². The van der Waals surface area contributed by atoms with Crippen LogP contribution >= 0.6 is 11.6 Å². The quantitative estimate of drug-likeness (QED) is 0.591. The van der Waals surface area contributed by atoms with E-state index in [4.69, 9.17) is 11.6 Å². The van der Waals surface area contributed by atoms with Gasteiger partial charge in [0.2, 0.25) is 0 Å². The summed E-state index contributed by atoms with van der Waals surface area (Å²) in [5, 5.41) is 3.47. The zero-order valence-electron chi connectivity index (χ0n) is 16.0. The Bertz CT molecular complexity index is 1030. The first-order valence-corrected chi connectivity index (χ1v) is 9.55. The van der Waals surface area contributed by atoms with Gasteiger partial charge in [0, 0.05) is 24.7 Å². The molecule has 4 nitrogen and oxygen atoms in total. The first-order valence-electron chi connectivity index (χ1n) is 9.17. The number of nitrogens with one attached hydrogen (secondary N) is 1. The number of likely N-dealkylation sites (N-methyl/N-ethyl adjacent to an activating group) is 1. The Labute approximate surface area is 175 Å². The van der Waals surface area contributed by atoms with Crippen molar-refractivity contribution in [3.63, 3.8) is 0 Å². The van der Waals surface area contributed by atoms with E-state index in [1.54, 1.807) is 43.5 Å². The van der Waals surface area contributed by atoms with Gasteiger partial charge in [-0.25, -0.2) is 0 Å². The van der Waals surface area contributed by atoms with Crippen molar-refractivity contribution in [1.29, 1.82) is 0 Å². The molecule has 0 saturated carbocycles. The molecule has 0 aliphatic carbocycles. The van der Waals surface area contributed by atoms with E-state index in [1.165, 1.54) is 11.0 Å². The molecule has 0 spiro atoms. The second kappa shape index (κ2) is 9.71. The van der Waals surface area contributed by atoms with Crippen molar-refractivity contribution in [2.45, 2.75) is 6.54 Å². The van der Waals surface area contributed by atoms with Crippen molar-refractivity contribution in [3.8, 4) is 0 Å². The summed E-state index contributed by atoms with van der Waals surface area (Å²) < 4.78 is 0. The van der Waals surface area contributed by atoms with E-state index in [1.807, 2.05) is 48.5 Å². The van der Waals surface area contributed by atoms with Crippen LogP contribution in [0.3, 0.4) is 0 Å². The van der Waals surface area contributed by atoms with Crippen LogP contribution in [0.2, 0.25) is 5.02 Å². The molecule has 0 aromatic heterocycles. The Balaban J connectivity index is 1.74. The molecule has 0 fully saturated rings. The molecule has 0 atom stereocenters. The lowest BCUT2D eigenvalue weighted by Gasteiger charge is -2.19. The van der Waals surface area contributed by atoms with Gasteiger partial charge < -0.3 is 10.2 Å². The lowest BCUT2D eigenvalue weighted by Crippen LogP contribution is -2.29. The lowest BCUT2D eigenvalue weighted by atomic mass is 10.1. The number of halogens is 1. The van der Waals surface area contributed by atoms with Gasteiger partial charge in [-0.3, -0.25) is 9.59 Å². The van der Waals surface area contributed by atoms with Gasteiger partial charge in [0.1, 0.15) is 0 Å². The Hall–Kier alpha value is -3.37. The zero-order chi connectivity index (χ0) is 20.6. The second-order valence-corrected chi connectivity index (χ2v) is 6.84. The molecule has 0 aliphatic rings. The fourth-order valence-corrected chi connectivity index (χ4v) is 3.03. The number of hydrogen-bond acceptors (Lipinski definition) is 2. The summed E-state index contributed by atoms with van der Waals surface area (Å²) in [5.41, 5.74) is 2.73. The van der Waals surface area contributed by atoms with Gasteiger partial charge in [-0.15, -0.1) is 0 Å². The Kier molecular flexibility index (Phi) is 6.82. The van der Waals surface area contributed by atoms with Crippen LogP contribution in [-0.2, 0) is 11.3 Å². The summed E-state index contributed by atoms with van der Waals surface area (Å²) in [7, 11) is 1.64. The third-order valence-electron chi connectivity index (χ3n) is 4.45. The number of carbonyl (C=O) groups excluding carboxylic acids is 2. The topological polar surface area (TPSA) is 49.4 Å². The number of hydrogen-bond donors (Lipinski definition) is 1. The molecule has 5 heteroatoms. The number of benzene rings is 3. The van der Waals surface area contributed by atoms with Crippen LogP contribution in [0.15, 0.2) is 84.9 Å². The second-order valence-electron chi connectivity index (χ2n) is 6.44. The third-order valence-corrected chi connectivity index (χ3v) is 4.79. The van der Waals surface area contributed by atoms with Crippen LogP contribution in [0.5, 0.6) is 0 Å². The highest BCUT2D eigenvalue weighted by molar-refractivity contribution is 6.32. The molecule has 2 amide bonds. The summed E-state index contributed by atoms with van der Waals surface area (Å²) in [4.78, 5) is 26.8. The fourth-order valence-electron chi connectivity index (χ4n) is 2.83. The molecule has 146 valence electrons. The third kappa shape index (κ3) is 5.33. The molecular weight excluding hydrogens is 384 g/mol. The largest absolute Gasteiger partial charge is 0.348 e. The number of amides is 2. The van der Waals surface area contributed by atoms with Crippen LogP contribution in [0, 0.1) is 0 Å². The van der Waals surface area contributed by atoms with Crippen LogP contribution < -0.4 is 10.2 Å². The zero-order valence-corrected chi connectivity index (χ0v) is 16.8. The Morgan fingerprint density at radius 2 is 1.59 bits per heavy atom. The minimum Gasteiger partial charge on any atom is -0.348 e. The van der Waals surface area contributed by atoms with Crippen LogP contribution in [0.25, 0.3) is 6.08 Å². The van der Waals surface area contributed by atoms with E-state index in [2.05, 4.69) is 5.32 Å². The van der Waals surface area contributed by atoms with Gasteiger partial charge in [-0.05, 0) is 35.4 Å². The van der Waals surface area contributed by atoms with E-state index in [9.17, 15) is 9.59 Å². The number of anilines is 1. The molecule has 0 bridgehead atoms. The highest BCUT2D eigenvalue weighted by Gasteiger charge is 2.17. The van der Waals surface area contributed by atoms with E-state index in [0.29, 0.717) is 22.8 Å². The SMILES string of the molecule is CN(C(=O)C=Cc1ccccc1Cl)c1ccccc1C(=O)NCc1ccccc1. The number of carbonyl (C=O) groups is 2. The minimum atomic E-state index is -0.256. The molecule has 3 aromatic carbocycles. The molecule has 3 aromatic rings. The van der Waals surface area contributed by atoms with Gasteiger partial charge >= 0.3 is 0 Å². The maximum Gasteiger partial charge on any atom is 0.253 e. The van der Waals surface area contributed by atoms with Gasteiger partial charge in [-0.2, -0.15) is 0 Å². The van der Waals surface area contributed by atoms with E-state index < -0.39 is 0 Å². The van der Waals surface area contributed by atoms with Crippen LogP contribution in [0.4, 0.5) is 5.69 Å². The molecular formula is C24H21ClN2O2. The van der Waals surface area contributed by atoms with Crippen LogP contribution in [-0.4, -0.2) is 18.9 Å². The highest BCUT2D eigenvalue weighted by Crippen LogP contribution is 2.21. The molecule has 29 heavy (non-hydrogen) atoms. The average Bonchev–Trinajstić information content (AvgIpc) is 2.77. The lowest BCUT2D eigenvalue weighted by molar-refractivity contribution is -0.113. The van der Waals surface area contributed by atoms with Crippen molar-refractivity contribution in [1.82, 2.24) is 5.32 Å². The maximum atomic E-state index is 12.7. The number of para-hydroxylation sites is 1. The Morgan fingerprint density at radius 1 is 0.931 bits per heavy atom.